The van der Waals surface area contributed by atoms with Crippen LogP contribution < -0.4 is 5.73 Å². The Labute approximate surface area is 95.9 Å². The van der Waals surface area contributed by atoms with Gasteiger partial charge in [-0.3, -0.25) is 9.59 Å². The monoisotopic (exact) mass is 228 g/mol. The van der Waals surface area contributed by atoms with Gasteiger partial charge in [0.1, 0.15) is 6.54 Å². The molecular weight excluding hydrogens is 208 g/mol. The summed E-state index contributed by atoms with van der Waals surface area (Å²) in [6, 6.07) is 0. The Kier molecular flexibility index (Phi) is 7.20. The van der Waals surface area contributed by atoms with Gasteiger partial charge in [-0.15, -0.1) is 6.58 Å². The van der Waals surface area contributed by atoms with Gasteiger partial charge in [0.2, 0.25) is 5.91 Å². The number of carboxylic acids is 1. The number of aliphatic carboxylic acids is 1. The van der Waals surface area contributed by atoms with Crippen molar-refractivity contribution < 1.29 is 14.7 Å². The number of hydrogen-bond donors (Lipinski definition) is 2. The summed E-state index contributed by atoms with van der Waals surface area (Å²) in [6.07, 6.45) is 2.54. The molecule has 5 nitrogen and oxygen atoms in total. The van der Waals surface area contributed by atoms with Gasteiger partial charge in [0.25, 0.3) is 0 Å². The maximum atomic E-state index is 11.7. The van der Waals surface area contributed by atoms with Crippen molar-refractivity contribution in [3.8, 4) is 0 Å². The summed E-state index contributed by atoms with van der Waals surface area (Å²) in [5.74, 6) is -0.899. The van der Waals surface area contributed by atoms with Gasteiger partial charge in [-0.2, -0.15) is 0 Å². The van der Waals surface area contributed by atoms with Gasteiger partial charge >= 0.3 is 5.97 Å². The van der Waals surface area contributed by atoms with Crippen molar-refractivity contribution >= 4 is 11.9 Å². The Morgan fingerprint density at radius 1 is 1.56 bits per heavy atom. The normalized spacial score (nSPS) is 11.9. The summed E-state index contributed by atoms with van der Waals surface area (Å²) in [7, 11) is 0. The Balaban J connectivity index is 4.15. The summed E-state index contributed by atoms with van der Waals surface area (Å²) < 4.78 is 0. The molecule has 1 unspecified atom stereocenters. The predicted molar refractivity (Wildman–Crippen MR) is 61.9 cm³/mol. The second kappa shape index (κ2) is 7.87. The fourth-order valence-corrected chi connectivity index (χ4v) is 1.22. The van der Waals surface area contributed by atoms with E-state index in [4.69, 9.17) is 10.8 Å². The molecule has 0 radical (unpaired) electrons. The van der Waals surface area contributed by atoms with E-state index in [0.29, 0.717) is 19.4 Å². The van der Waals surface area contributed by atoms with Gasteiger partial charge in [-0.05, 0) is 18.9 Å². The van der Waals surface area contributed by atoms with Crippen molar-refractivity contribution in [2.24, 2.45) is 11.7 Å². The minimum Gasteiger partial charge on any atom is -0.480 e. The minimum atomic E-state index is -1.01. The molecule has 3 N–H and O–H groups in total. The lowest BCUT2D eigenvalue weighted by atomic mass is 10.1. The largest absolute Gasteiger partial charge is 0.480 e. The van der Waals surface area contributed by atoms with E-state index >= 15 is 0 Å². The number of nitrogens with zero attached hydrogens (tertiary/aromatic N) is 1. The molecular formula is C11H20N2O3. The molecule has 0 aromatic carbocycles. The van der Waals surface area contributed by atoms with E-state index in [1.807, 2.05) is 6.92 Å². The number of carboxylic acid groups (broad SMARTS) is 1. The number of carbonyl (C=O) groups excluding carboxylic acids is 1. The number of amides is 1. The van der Waals surface area contributed by atoms with E-state index in [1.165, 1.54) is 11.0 Å². The van der Waals surface area contributed by atoms with Crippen LogP contribution in [-0.2, 0) is 9.59 Å². The Morgan fingerprint density at radius 3 is 2.62 bits per heavy atom. The van der Waals surface area contributed by atoms with E-state index in [-0.39, 0.29) is 24.9 Å². The van der Waals surface area contributed by atoms with Crippen LogP contribution in [-0.4, -0.2) is 41.5 Å². The Bertz CT molecular complexity index is 254. The van der Waals surface area contributed by atoms with Crippen LogP contribution in [0.1, 0.15) is 19.8 Å². The lowest BCUT2D eigenvalue weighted by Gasteiger charge is -2.19. The molecule has 0 aliphatic rings. The van der Waals surface area contributed by atoms with Crippen molar-refractivity contribution in [3.63, 3.8) is 0 Å². The molecule has 0 bridgehead atoms. The van der Waals surface area contributed by atoms with Crippen LogP contribution >= 0.6 is 0 Å². The van der Waals surface area contributed by atoms with E-state index < -0.39 is 5.97 Å². The molecule has 16 heavy (non-hydrogen) atoms. The highest BCUT2D eigenvalue weighted by Crippen LogP contribution is 2.06. The van der Waals surface area contributed by atoms with Crippen molar-refractivity contribution in [1.29, 1.82) is 0 Å². The maximum Gasteiger partial charge on any atom is 0.323 e. The summed E-state index contributed by atoms with van der Waals surface area (Å²) >= 11 is 0. The predicted octanol–water partition coefficient (Wildman–Crippen LogP) is 0.461. The Morgan fingerprint density at radius 2 is 2.19 bits per heavy atom. The number of rotatable bonds is 8. The first kappa shape index (κ1) is 14.6. The van der Waals surface area contributed by atoms with E-state index in [9.17, 15) is 9.59 Å². The third-order valence-electron chi connectivity index (χ3n) is 2.28. The molecule has 0 saturated heterocycles. The third kappa shape index (κ3) is 6.19. The fraction of sp³-hybridized carbons (Fsp3) is 0.636. The van der Waals surface area contributed by atoms with Crippen LogP contribution in [0.15, 0.2) is 12.7 Å². The molecule has 5 heteroatoms. The molecule has 1 atom stereocenters. The minimum absolute atomic E-state index is 0.164. The smallest absolute Gasteiger partial charge is 0.323 e. The van der Waals surface area contributed by atoms with Gasteiger partial charge in [-0.1, -0.05) is 13.0 Å². The molecule has 0 rings (SSSR count). The summed E-state index contributed by atoms with van der Waals surface area (Å²) in [6.45, 7) is 5.98. The van der Waals surface area contributed by atoms with E-state index in [2.05, 4.69) is 6.58 Å². The Hall–Kier alpha value is -1.36. The second-order valence-electron chi connectivity index (χ2n) is 3.84. The highest BCUT2D eigenvalue weighted by atomic mass is 16.4. The van der Waals surface area contributed by atoms with Crippen LogP contribution in [0.5, 0.6) is 0 Å². The molecule has 0 saturated carbocycles. The topological polar surface area (TPSA) is 83.6 Å². The lowest BCUT2D eigenvalue weighted by molar-refractivity contribution is -0.144. The first-order chi connectivity index (χ1) is 7.51. The summed E-state index contributed by atoms with van der Waals surface area (Å²) in [5, 5.41) is 8.63. The van der Waals surface area contributed by atoms with Crippen LogP contribution in [0, 0.1) is 5.92 Å². The van der Waals surface area contributed by atoms with Crippen LogP contribution in [0.25, 0.3) is 0 Å². The molecule has 92 valence electrons. The van der Waals surface area contributed by atoms with Gasteiger partial charge in [0, 0.05) is 13.0 Å². The molecule has 0 heterocycles. The summed E-state index contributed by atoms with van der Waals surface area (Å²) in [5.41, 5.74) is 5.44. The second-order valence-corrected chi connectivity index (χ2v) is 3.84. The molecule has 0 aromatic heterocycles. The maximum absolute atomic E-state index is 11.7. The number of nitrogens with two attached hydrogens (primary N) is 1. The SMILES string of the molecule is C=CCN(CC(=O)O)C(=O)CCC(C)CN. The zero-order valence-corrected chi connectivity index (χ0v) is 9.69. The standard InChI is InChI=1S/C11H20N2O3/c1-3-6-13(8-11(15)16)10(14)5-4-9(2)7-12/h3,9H,1,4-8,12H2,2H3,(H,15,16). The van der Waals surface area contributed by atoms with Gasteiger partial charge in [0.15, 0.2) is 0 Å². The zero-order valence-electron chi connectivity index (χ0n) is 9.69. The highest BCUT2D eigenvalue weighted by molar-refractivity contribution is 5.81. The zero-order chi connectivity index (χ0) is 12.6. The first-order valence-corrected chi connectivity index (χ1v) is 5.31. The average Bonchev–Trinajstić information content (AvgIpc) is 2.24. The highest BCUT2D eigenvalue weighted by Gasteiger charge is 2.15. The number of carbonyl (C=O) groups is 2. The number of hydrogen-bond acceptors (Lipinski definition) is 3. The van der Waals surface area contributed by atoms with Crippen molar-refractivity contribution in [2.75, 3.05) is 19.6 Å². The van der Waals surface area contributed by atoms with Crippen molar-refractivity contribution in [2.45, 2.75) is 19.8 Å². The molecule has 0 aliphatic heterocycles. The lowest BCUT2D eigenvalue weighted by Crippen LogP contribution is -2.36. The van der Waals surface area contributed by atoms with Gasteiger partial charge < -0.3 is 15.7 Å². The van der Waals surface area contributed by atoms with E-state index in [0.717, 1.165) is 0 Å². The summed E-state index contributed by atoms with van der Waals surface area (Å²) in [4.78, 5) is 23.5. The molecule has 0 aromatic rings. The van der Waals surface area contributed by atoms with Crippen molar-refractivity contribution in [3.05, 3.63) is 12.7 Å². The fourth-order valence-electron chi connectivity index (χ4n) is 1.22. The molecule has 1 amide bonds. The molecule has 0 aliphatic carbocycles. The molecule has 0 fully saturated rings. The van der Waals surface area contributed by atoms with Crippen LogP contribution in [0.3, 0.4) is 0 Å². The first-order valence-electron chi connectivity index (χ1n) is 5.31. The third-order valence-corrected chi connectivity index (χ3v) is 2.28. The van der Waals surface area contributed by atoms with Crippen LogP contribution in [0.4, 0.5) is 0 Å². The van der Waals surface area contributed by atoms with Gasteiger partial charge in [-0.25, -0.2) is 0 Å². The van der Waals surface area contributed by atoms with E-state index in [1.54, 1.807) is 0 Å². The van der Waals surface area contributed by atoms with Crippen molar-refractivity contribution in [1.82, 2.24) is 4.90 Å². The quantitative estimate of drug-likeness (QED) is 0.591. The molecule has 0 spiro atoms. The average molecular weight is 228 g/mol. The van der Waals surface area contributed by atoms with Crippen LogP contribution in [0.2, 0.25) is 0 Å². The van der Waals surface area contributed by atoms with Gasteiger partial charge in [0.05, 0.1) is 0 Å².